The highest BCUT2D eigenvalue weighted by Crippen LogP contribution is 2.32. The van der Waals surface area contributed by atoms with Gasteiger partial charge >= 0.3 is 5.97 Å². The highest BCUT2D eigenvalue weighted by atomic mass is 79.9. The van der Waals surface area contributed by atoms with Gasteiger partial charge in [-0.2, -0.15) is 0 Å². The van der Waals surface area contributed by atoms with Gasteiger partial charge in [-0.1, -0.05) is 24.3 Å². The van der Waals surface area contributed by atoms with E-state index in [4.69, 9.17) is 5.11 Å². The summed E-state index contributed by atoms with van der Waals surface area (Å²) in [4.78, 5) is 12.7. The minimum absolute atomic E-state index is 0.840. The first-order valence-corrected chi connectivity index (χ1v) is 7.44. The largest absolute Gasteiger partial charge is 0.478 e. The van der Waals surface area contributed by atoms with Gasteiger partial charge in [0.2, 0.25) is 0 Å². The SMILES string of the molecule is CCN(c1ccccc1)c1ccc(/C=C/C(=O)O)cc1Br. The maximum Gasteiger partial charge on any atom is 0.328 e. The molecule has 0 saturated heterocycles. The van der Waals surface area contributed by atoms with Crippen LogP contribution in [-0.2, 0) is 4.79 Å². The Morgan fingerprint density at radius 3 is 2.52 bits per heavy atom. The molecule has 0 spiro atoms. The molecule has 0 bridgehead atoms. The predicted octanol–water partition coefficient (Wildman–Crippen LogP) is 4.70. The molecule has 0 aromatic heterocycles. The number of carbonyl (C=O) groups is 1. The fraction of sp³-hybridized carbons (Fsp3) is 0.118. The average molecular weight is 346 g/mol. The van der Waals surface area contributed by atoms with E-state index < -0.39 is 5.97 Å². The second-order valence-electron chi connectivity index (χ2n) is 4.46. The van der Waals surface area contributed by atoms with E-state index >= 15 is 0 Å². The third-order valence-electron chi connectivity index (χ3n) is 3.06. The van der Waals surface area contributed by atoms with Gasteiger partial charge in [0, 0.05) is 22.8 Å². The predicted molar refractivity (Wildman–Crippen MR) is 89.9 cm³/mol. The molecule has 0 fully saturated rings. The number of anilines is 2. The Bertz CT molecular complexity index is 653. The Hall–Kier alpha value is -2.07. The monoisotopic (exact) mass is 345 g/mol. The van der Waals surface area contributed by atoms with Crippen LogP contribution in [0, 0.1) is 0 Å². The summed E-state index contributed by atoms with van der Waals surface area (Å²) < 4.78 is 0.931. The van der Waals surface area contributed by atoms with Crippen molar-refractivity contribution in [2.45, 2.75) is 6.92 Å². The van der Waals surface area contributed by atoms with Crippen LogP contribution in [0.4, 0.5) is 11.4 Å². The summed E-state index contributed by atoms with van der Waals surface area (Å²) in [6.07, 6.45) is 2.71. The highest BCUT2D eigenvalue weighted by molar-refractivity contribution is 9.10. The standard InChI is InChI=1S/C17H16BrNO2/c1-2-19(14-6-4-3-5-7-14)16-10-8-13(12-15(16)18)9-11-17(20)21/h3-12H,2H2,1H3,(H,20,21)/b11-9+. The van der Waals surface area contributed by atoms with Gasteiger partial charge in [0.25, 0.3) is 0 Å². The molecule has 3 nitrogen and oxygen atoms in total. The lowest BCUT2D eigenvalue weighted by Gasteiger charge is -2.24. The molecule has 0 unspecified atom stereocenters. The maximum atomic E-state index is 10.6. The van der Waals surface area contributed by atoms with Gasteiger partial charge in [0.05, 0.1) is 5.69 Å². The number of hydrogen-bond donors (Lipinski definition) is 1. The van der Waals surface area contributed by atoms with Gasteiger partial charge in [-0.05, 0) is 58.8 Å². The Labute approximate surface area is 132 Å². The van der Waals surface area contributed by atoms with Gasteiger partial charge in [-0.25, -0.2) is 4.79 Å². The molecular weight excluding hydrogens is 330 g/mol. The van der Waals surface area contributed by atoms with E-state index in [9.17, 15) is 4.79 Å². The number of halogens is 1. The number of para-hydroxylation sites is 1. The van der Waals surface area contributed by atoms with E-state index in [1.807, 2.05) is 36.4 Å². The lowest BCUT2D eigenvalue weighted by atomic mass is 10.1. The van der Waals surface area contributed by atoms with Crippen molar-refractivity contribution in [3.8, 4) is 0 Å². The van der Waals surface area contributed by atoms with Crippen molar-refractivity contribution in [2.24, 2.45) is 0 Å². The maximum absolute atomic E-state index is 10.6. The van der Waals surface area contributed by atoms with Crippen LogP contribution >= 0.6 is 15.9 Å². The van der Waals surface area contributed by atoms with Gasteiger partial charge in [0.1, 0.15) is 0 Å². The average Bonchev–Trinajstić information content (AvgIpc) is 2.49. The summed E-state index contributed by atoms with van der Waals surface area (Å²) in [5.41, 5.74) is 3.02. The molecule has 21 heavy (non-hydrogen) atoms. The summed E-state index contributed by atoms with van der Waals surface area (Å²) in [7, 11) is 0. The zero-order valence-electron chi connectivity index (χ0n) is 11.7. The van der Waals surface area contributed by atoms with Gasteiger partial charge in [-0.15, -0.1) is 0 Å². The number of benzene rings is 2. The molecule has 0 aliphatic rings. The Balaban J connectivity index is 2.33. The zero-order valence-corrected chi connectivity index (χ0v) is 13.2. The first-order chi connectivity index (χ1) is 10.1. The minimum atomic E-state index is -0.949. The zero-order chi connectivity index (χ0) is 15.2. The van der Waals surface area contributed by atoms with Crippen LogP contribution in [-0.4, -0.2) is 17.6 Å². The van der Waals surface area contributed by atoms with Crippen LogP contribution in [0.5, 0.6) is 0 Å². The van der Waals surface area contributed by atoms with E-state index in [2.05, 4.69) is 39.9 Å². The second-order valence-corrected chi connectivity index (χ2v) is 5.32. The van der Waals surface area contributed by atoms with E-state index in [-0.39, 0.29) is 0 Å². The van der Waals surface area contributed by atoms with Crippen molar-refractivity contribution >= 4 is 39.4 Å². The van der Waals surface area contributed by atoms with Crippen LogP contribution in [0.1, 0.15) is 12.5 Å². The topological polar surface area (TPSA) is 40.5 Å². The van der Waals surface area contributed by atoms with Gasteiger partial charge in [-0.3, -0.25) is 0 Å². The summed E-state index contributed by atoms with van der Waals surface area (Å²) in [6.45, 7) is 2.94. The quantitative estimate of drug-likeness (QED) is 0.798. The highest BCUT2D eigenvalue weighted by Gasteiger charge is 2.10. The van der Waals surface area contributed by atoms with Crippen molar-refractivity contribution in [1.82, 2.24) is 0 Å². The Morgan fingerprint density at radius 1 is 1.24 bits per heavy atom. The molecule has 2 aromatic carbocycles. The molecule has 1 N–H and O–H groups in total. The van der Waals surface area contributed by atoms with E-state index in [0.29, 0.717) is 0 Å². The van der Waals surface area contributed by atoms with Crippen LogP contribution < -0.4 is 4.90 Å². The molecule has 4 heteroatoms. The van der Waals surface area contributed by atoms with E-state index in [0.717, 1.165) is 34.0 Å². The van der Waals surface area contributed by atoms with Crippen molar-refractivity contribution in [3.05, 3.63) is 64.6 Å². The number of rotatable bonds is 5. The number of carboxylic acid groups (broad SMARTS) is 1. The summed E-state index contributed by atoms with van der Waals surface area (Å²) in [5, 5.41) is 8.67. The third-order valence-corrected chi connectivity index (χ3v) is 3.70. The Morgan fingerprint density at radius 2 is 1.95 bits per heavy atom. The van der Waals surface area contributed by atoms with Crippen molar-refractivity contribution < 1.29 is 9.90 Å². The lowest BCUT2D eigenvalue weighted by Crippen LogP contribution is -2.16. The van der Waals surface area contributed by atoms with Crippen LogP contribution in [0.25, 0.3) is 6.08 Å². The number of aliphatic carboxylic acids is 1. The van der Waals surface area contributed by atoms with Crippen LogP contribution in [0.2, 0.25) is 0 Å². The number of nitrogens with zero attached hydrogens (tertiary/aromatic N) is 1. The van der Waals surface area contributed by atoms with E-state index in [1.54, 1.807) is 6.08 Å². The van der Waals surface area contributed by atoms with Crippen molar-refractivity contribution in [1.29, 1.82) is 0 Å². The fourth-order valence-corrected chi connectivity index (χ4v) is 2.72. The molecule has 2 rings (SSSR count). The molecule has 0 radical (unpaired) electrons. The molecule has 0 atom stereocenters. The molecule has 0 aliphatic heterocycles. The first kappa shape index (κ1) is 15.3. The summed E-state index contributed by atoms with van der Waals surface area (Å²) in [6, 6.07) is 16.0. The van der Waals surface area contributed by atoms with E-state index in [1.165, 1.54) is 0 Å². The Kier molecular flexibility index (Phi) is 5.17. The number of carboxylic acids is 1. The van der Waals surface area contributed by atoms with Crippen LogP contribution in [0.15, 0.2) is 59.1 Å². The smallest absolute Gasteiger partial charge is 0.328 e. The molecule has 2 aromatic rings. The van der Waals surface area contributed by atoms with Gasteiger partial charge in [0.15, 0.2) is 0 Å². The molecular formula is C17H16BrNO2. The first-order valence-electron chi connectivity index (χ1n) is 6.65. The molecule has 0 heterocycles. The normalized spacial score (nSPS) is 10.8. The molecule has 0 saturated carbocycles. The molecule has 108 valence electrons. The minimum Gasteiger partial charge on any atom is -0.478 e. The van der Waals surface area contributed by atoms with Crippen molar-refractivity contribution in [2.75, 3.05) is 11.4 Å². The second kappa shape index (κ2) is 7.09. The van der Waals surface area contributed by atoms with Crippen molar-refractivity contribution in [3.63, 3.8) is 0 Å². The van der Waals surface area contributed by atoms with Crippen LogP contribution in [0.3, 0.4) is 0 Å². The molecule has 0 amide bonds. The van der Waals surface area contributed by atoms with Gasteiger partial charge < -0.3 is 10.0 Å². The summed E-state index contributed by atoms with van der Waals surface area (Å²) >= 11 is 3.57. The number of hydrogen-bond acceptors (Lipinski definition) is 2. The summed E-state index contributed by atoms with van der Waals surface area (Å²) in [5.74, 6) is -0.949. The third kappa shape index (κ3) is 3.95. The fourth-order valence-electron chi connectivity index (χ4n) is 2.11. The molecule has 0 aliphatic carbocycles. The lowest BCUT2D eigenvalue weighted by molar-refractivity contribution is -0.131.